The van der Waals surface area contributed by atoms with E-state index in [0.29, 0.717) is 10.9 Å². The van der Waals surface area contributed by atoms with E-state index in [4.69, 9.17) is 6.42 Å². The van der Waals surface area contributed by atoms with E-state index in [9.17, 15) is 4.79 Å². The van der Waals surface area contributed by atoms with Crippen molar-refractivity contribution in [3.8, 4) is 12.3 Å². The maximum atomic E-state index is 11.8. The number of rotatable bonds is 0. The number of pyridine rings is 1. The second kappa shape index (κ2) is 3.04. The smallest absolute Gasteiger partial charge is 0.259 e. The lowest BCUT2D eigenvalue weighted by molar-refractivity contribution is 0.873. The minimum Gasteiger partial charge on any atom is -0.318 e. The predicted molar refractivity (Wildman–Crippen MR) is 57.1 cm³/mol. The fourth-order valence-electron chi connectivity index (χ4n) is 1.50. The van der Waals surface area contributed by atoms with Crippen LogP contribution in [0.4, 0.5) is 0 Å². The number of aromatic nitrogens is 1. The number of hydrogen-bond donors (Lipinski definition) is 0. The van der Waals surface area contributed by atoms with Gasteiger partial charge in [-0.1, -0.05) is 18.1 Å². The molecule has 0 saturated carbocycles. The number of fused-ring (bicyclic) bond motifs is 1. The number of hydrogen-bond acceptors (Lipinski definition) is 1. The van der Waals surface area contributed by atoms with Gasteiger partial charge in [0.25, 0.3) is 5.56 Å². The van der Waals surface area contributed by atoms with Gasteiger partial charge in [-0.3, -0.25) is 4.79 Å². The van der Waals surface area contributed by atoms with E-state index < -0.39 is 0 Å². The number of benzene rings is 1. The van der Waals surface area contributed by atoms with Gasteiger partial charge in [-0.2, -0.15) is 0 Å². The summed E-state index contributed by atoms with van der Waals surface area (Å²) in [4.78, 5) is 11.8. The summed E-state index contributed by atoms with van der Waals surface area (Å²) < 4.78 is 1.53. The van der Waals surface area contributed by atoms with Crippen molar-refractivity contribution in [2.75, 3.05) is 0 Å². The van der Waals surface area contributed by atoms with E-state index in [-0.39, 0.29) is 5.56 Å². The average molecular weight is 183 g/mol. The van der Waals surface area contributed by atoms with E-state index in [0.717, 1.165) is 5.39 Å². The molecule has 2 heteroatoms. The zero-order chi connectivity index (χ0) is 10.1. The average Bonchev–Trinajstić information content (AvgIpc) is 2.23. The summed E-state index contributed by atoms with van der Waals surface area (Å²) in [6.45, 7) is 0. The Morgan fingerprint density at radius 3 is 2.86 bits per heavy atom. The quantitative estimate of drug-likeness (QED) is 0.567. The van der Waals surface area contributed by atoms with E-state index in [1.165, 1.54) is 4.57 Å². The molecule has 0 aliphatic rings. The third-order valence-corrected chi connectivity index (χ3v) is 2.26. The highest BCUT2D eigenvalue weighted by atomic mass is 16.1. The molecular formula is C12H9NO. The van der Waals surface area contributed by atoms with Gasteiger partial charge in [0.15, 0.2) is 0 Å². The summed E-state index contributed by atoms with van der Waals surface area (Å²) in [7, 11) is 1.72. The molecule has 0 saturated heterocycles. The molecule has 14 heavy (non-hydrogen) atoms. The molecule has 0 bridgehead atoms. The van der Waals surface area contributed by atoms with E-state index >= 15 is 0 Å². The van der Waals surface area contributed by atoms with Gasteiger partial charge < -0.3 is 4.57 Å². The topological polar surface area (TPSA) is 22.0 Å². The van der Waals surface area contributed by atoms with Gasteiger partial charge in [-0.25, -0.2) is 0 Å². The summed E-state index contributed by atoms with van der Waals surface area (Å²) in [5.41, 5.74) is 0.611. The zero-order valence-corrected chi connectivity index (χ0v) is 7.82. The first-order valence-electron chi connectivity index (χ1n) is 4.29. The highest BCUT2D eigenvalue weighted by Gasteiger charge is 2.03. The molecule has 68 valence electrons. The molecule has 2 rings (SSSR count). The van der Waals surface area contributed by atoms with Crippen molar-refractivity contribution < 1.29 is 0 Å². The maximum Gasteiger partial charge on any atom is 0.259 e. The summed E-state index contributed by atoms with van der Waals surface area (Å²) in [5, 5.41) is 1.52. The summed E-state index contributed by atoms with van der Waals surface area (Å²) in [5.74, 6) is 2.52. The van der Waals surface area contributed by atoms with Crippen molar-refractivity contribution in [2.45, 2.75) is 0 Å². The van der Waals surface area contributed by atoms with Crippen LogP contribution < -0.4 is 5.56 Å². The highest BCUT2D eigenvalue weighted by molar-refractivity contribution is 5.87. The van der Waals surface area contributed by atoms with Crippen LogP contribution in [0.25, 0.3) is 10.8 Å². The van der Waals surface area contributed by atoms with Crippen molar-refractivity contribution in [1.29, 1.82) is 0 Å². The summed E-state index contributed by atoms with van der Waals surface area (Å²) in [6, 6.07) is 7.41. The summed E-state index contributed by atoms with van der Waals surface area (Å²) >= 11 is 0. The Hall–Kier alpha value is -2.01. The molecular weight excluding hydrogens is 174 g/mol. The molecule has 1 aromatic heterocycles. The van der Waals surface area contributed by atoms with Crippen molar-refractivity contribution in [3.05, 3.63) is 46.4 Å². The zero-order valence-electron chi connectivity index (χ0n) is 7.82. The number of nitrogens with zero attached hydrogens (tertiary/aromatic N) is 1. The van der Waals surface area contributed by atoms with Crippen LogP contribution in [0, 0.1) is 12.3 Å². The first-order chi connectivity index (χ1) is 6.74. The molecule has 0 atom stereocenters. The number of aryl methyl sites for hydroxylation is 1. The van der Waals surface area contributed by atoms with Gasteiger partial charge in [0.05, 0.1) is 5.39 Å². The van der Waals surface area contributed by atoms with Crippen LogP contribution in [0.1, 0.15) is 5.56 Å². The van der Waals surface area contributed by atoms with Gasteiger partial charge >= 0.3 is 0 Å². The van der Waals surface area contributed by atoms with Crippen LogP contribution in [-0.4, -0.2) is 4.57 Å². The Balaban J connectivity index is 3.07. The molecule has 0 N–H and O–H groups in total. The Bertz CT molecular complexity index is 587. The minimum atomic E-state index is -0.0453. The first kappa shape index (κ1) is 8.58. The van der Waals surface area contributed by atoms with Crippen LogP contribution in [0.15, 0.2) is 35.3 Å². The normalized spacial score (nSPS) is 10.0. The maximum absolute atomic E-state index is 11.8. The molecule has 1 heterocycles. The van der Waals surface area contributed by atoms with E-state index in [2.05, 4.69) is 5.92 Å². The SMILES string of the molecule is C#Cc1cccc2ccn(C)c(=O)c12. The van der Waals surface area contributed by atoms with Crippen LogP contribution in [0.2, 0.25) is 0 Å². The predicted octanol–water partition coefficient (Wildman–Crippen LogP) is 1.52. The van der Waals surface area contributed by atoms with Crippen molar-refractivity contribution in [3.63, 3.8) is 0 Å². The van der Waals surface area contributed by atoms with E-state index in [1.807, 2.05) is 18.2 Å². The Labute approximate surface area is 81.8 Å². The first-order valence-corrected chi connectivity index (χ1v) is 4.29. The molecule has 1 aromatic carbocycles. The molecule has 0 unspecified atom stereocenters. The largest absolute Gasteiger partial charge is 0.318 e. The highest BCUT2D eigenvalue weighted by Crippen LogP contribution is 2.13. The van der Waals surface area contributed by atoms with Crippen molar-refractivity contribution in [2.24, 2.45) is 7.05 Å². The third-order valence-electron chi connectivity index (χ3n) is 2.26. The Morgan fingerprint density at radius 1 is 1.36 bits per heavy atom. The third kappa shape index (κ3) is 1.11. The molecule has 0 aliphatic heterocycles. The molecule has 0 fully saturated rings. The Morgan fingerprint density at radius 2 is 2.14 bits per heavy atom. The van der Waals surface area contributed by atoms with Crippen LogP contribution in [-0.2, 0) is 7.05 Å². The molecule has 0 radical (unpaired) electrons. The standard InChI is InChI=1S/C12H9NO/c1-3-9-5-4-6-10-7-8-13(2)12(14)11(9)10/h1,4-8H,2H3. The van der Waals surface area contributed by atoms with Gasteiger partial charge in [-0.15, -0.1) is 6.42 Å². The van der Waals surface area contributed by atoms with Gasteiger partial charge in [0.1, 0.15) is 0 Å². The Kier molecular flexibility index (Phi) is 1.86. The second-order valence-electron chi connectivity index (χ2n) is 3.15. The molecule has 0 amide bonds. The van der Waals surface area contributed by atoms with Crippen LogP contribution in [0.5, 0.6) is 0 Å². The lowest BCUT2D eigenvalue weighted by Gasteiger charge is -2.02. The molecule has 2 nitrogen and oxygen atoms in total. The second-order valence-corrected chi connectivity index (χ2v) is 3.15. The lowest BCUT2D eigenvalue weighted by atomic mass is 10.1. The van der Waals surface area contributed by atoms with Crippen LogP contribution >= 0.6 is 0 Å². The minimum absolute atomic E-state index is 0.0453. The van der Waals surface area contributed by atoms with Crippen molar-refractivity contribution in [1.82, 2.24) is 4.57 Å². The lowest BCUT2D eigenvalue weighted by Crippen LogP contribution is -2.16. The van der Waals surface area contributed by atoms with Crippen molar-refractivity contribution >= 4 is 10.8 Å². The molecule has 0 aliphatic carbocycles. The summed E-state index contributed by atoms with van der Waals surface area (Å²) in [6.07, 6.45) is 7.08. The molecule has 0 spiro atoms. The fraction of sp³-hybridized carbons (Fsp3) is 0.0833. The monoisotopic (exact) mass is 183 g/mol. The van der Waals surface area contributed by atoms with Crippen LogP contribution in [0.3, 0.4) is 0 Å². The van der Waals surface area contributed by atoms with Gasteiger partial charge in [0, 0.05) is 18.8 Å². The molecule has 2 aromatic rings. The van der Waals surface area contributed by atoms with Gasteiger partial charge in [-0.05, 0) is 17.5 Å². The van der Waals surface area contributed by atoms with E-state index in [1.54, 1.807) is 19.3 Å². The number of terminal acetylenes is 1. The van der Waals surface area contributed by atoms with Gasteiger partial charge in [0.2, 0.25) is 0 Å². The fourth-order valence-corrected chi connectivity index (χ4v) is 1.50.